The van der Waals surface area contributed by atoms with E-state index in [-0.39, 0.29) is 0 Å². The lowest BCUT2D eigenvalue weighted by Gasteiger charge is -2.27. The Morgan fingerprint density at radius 3 is 1.48 bits per heavy atom. The van der Waals surface area contributed by atoms with Gasteiger partial charge in [0, 0.05) is 47.0 Å². The molecule has 0 aromatic carbocycles. The molecule has 0 atom stereocenters. The van der Waals surface area contributed by atoms with Gasteiger partial charge in [-0.1, -0.05) is 12.1 Å². The minimum absolute atomic E-state index is 0.527. The molecule has 116 valence electrons. The van der Waals surface area contributed by atoms with Crippen LogP contribution in [0.25, 0.3) is 22.5 Å². The van der Waals surface area contributed by atoms with Crippen LogP contribution in [0, 0.1) is 0 Å². The molecule has 4 aromatic rings. The Kier molecular flexibility index (Phi) is 2.26. The first-order valence-electron chi connectivity index (χ1n) is 8.25. The smallest absolute Gasteiger partial charge is 0.110 e. The minimum Gasteiger partial charge on any atom is -0.259 e. The monoisotopic (exact) mass is 320 g/mol. The Labute approximate surface area is 144 Å². The third-order valence-corrected chi connectivity index (χ3v) is 5.26. The summed E-state index contributed by atoms with van der Waals surface area (Å²) in [6.45, 7) is 0. The zero-order valence-electron chi connectivity index (χ0n) is 13.2. The predicted molar refractivity (Wildman–Crippen MR) is 93.9 cm³/mol. The first-order valence-corrected chi connectivity index (χ1v) is 8.25. The summed E-state index contributed by atoms with van der Waals surface area (Å²) in [5.74, 6) is 0. The molecule has 4 aromatic heterocycles. The summed E-state index contributed by atoms with van der Waals surface area (Å²) < 4.78 is 0. The quantitative estimate of drug-likeness (QED) is 0.429. The average Bonchev–Trinajstić information content (AvgIpc) is 3.16. The number of nitrogens with zero attached hydrogens (tertiary/aromatic N) is 4. The fourth-order valence-electron chi connectivity index (χ4n) is 4.40. The molecule has 4 heteroatoms. The third kappa shape index (κ3) is 1.35. The van der Waals surface area contributed by atoms with Crippen LogP contribution < -0.4 is 0 Å². The summed E-state index contributed by atoms with van der Waals surface area (Å²) in [7, 11) is 0. The van der Waals surface area contributed by atoms with E-state index in [0.29, 0.717) is 0 Å². The van der Waals surface area contributed by atoms with Crippen molar-refractivity contribution in [2.75, 3.05) is 0 Å². The molecule has 4 nitrogen and oxygen atoms in total. The van der Waals surface area contributed by atoms with Crippen molar-refractivity contribution in [1.29, 1.82) is 0 Å². The molecule has 6 rings (SSSR count). The average molecular weight is 320 g/mol. The minimum atomic E-state index is -0.527. The normalized spacial score (nSPS) is 14.7. The van der Waals surface area contributed by atoms with Gasteiger partial charge in [0.05, 0.1) is 22.8 Å². The Balaban J connectivity index is 1.89. The molecule has 1 spiro atoms. The van der Waals surface area contributed by atoms with Crippen LogP contribution in [-0.4, -0.2) is 19.9 Å². The molecule has 0 saturated heterocycles. The van der Waals surface area contributed by atoms with E-state index in [1.807, 2.05) is 49.1 Å². The van der Waals surface area contributed by atoms with Crippen LogP contribution in [-0.2, 0) is 5.41 Å². The van der Waals surface area contributed by atoms with E-state index in [2.05, 4.69) is 34.2 Å². The molecule has 2 aliphatic rings. The van der Waals surface area contributed by atoms with Gasteiger partial charge in [-0.3, -0.25) is 19.9 Å². The number of hydrogen-bond acceptors (Lipinski definition) is 4. The first kappa shape index (κ1) is 13.0. The van der Waals surface area contributed by atoms with Crippen LogP contribution in [0.4, 0.5) is 0 Å². The molecule has 2 aliphatic carbocycles. The van der Waals surface area contributed by atoms with Gasteiger partial charge in [-0.15, -0.1) is 0 Å². The summed E-state index contributed by atoms with van der Waals surface area (Å²) in [5, 5.41) is 0. The van der Waals surface area contributed by atoms with Gasteiger partial charge in [0.25, 0.3) is 0 Å². The standard InChI is InChI=1S/C21H12N4/c1-5-13-17-15(7-3-9-22-17)21(19(13)24-11-1)16-8-4-10-23-18(16)14-6-2-12-25-20(14)21/h1-12H. The van der Waals surface area contributed by atoms with Crippen LogP contribution >= 0.6 is 0 Å². The van der Waals surface area contributed by atoms with E-state index in [1.165, 1.54) is 0 Å². The Morgan fingerprint density at radius 2 is 0.960 bits per heavy atom. The number of aromatic nitrogens is 4. The molecule has 0 amide bonds. The van der Waals surface area contributed by atoms with Gasteiger partial charge in [-0.25, -0.2) is 0 Å². The van der Waals surface area contributed by atoms with Gasteiger partial charge < -0.3 is 0 Å². The second-order valence-electron chi connectivity index (χ2n) is 6.35. The fourth-order valence-corrected chi connectivity index (χ4v) is 4.40. The molecule has 0 saturated carbocycles. The maximum atomic E-state index is 4.80. The van der Waals surface area contributed by atoms with E-state index in [9.17, 15) is 0 Å². The van der Waals surface area contributed by atoms with Crippen molar-refractivity contribution in [1.82, 2.24) is 19.9 Å². The summed E-state index contributed by atoms with van der Waals surface area (Å²) >= 11 is 0. The van der Waals surface area contributed by atoms with Crippen LogP contribution in [0.15, 0.2) is 73.3 Å². The van der Waals surface area contributed by atoms with E-state index in [0.717, 1.165) is 45.0 Å². The lowest BCUT2D eigenvalue weighted by molar-refractivity contribution is 0.729. The molecular weight excluding hydrogens is 308 g/mol. The molecule has 0 N–H and O–H groups in total. The van der Waals surface area contributed by atoms with Crippen LogP contribution in [0.5, 0.6) is 0 Å². The Hall–Kier alpha value is -3.40. The lowest BCUT2D eigenvalue weighted by atomic mass is 9.75. The van der Waals surface area contributed by atoms with E-state index in [1.54, 1.807) is 0 Å². The summed E-state index contributed by atoms with van der Waals surface area (Å²) in [5.41, 5.74) is 7.85. The molecule has 25 heavy (non-hydrogen) atoms. The molecule has 0 aliphatic heterocycles. The van der Waals surface area contributed by atoms with E-state index >= 15 is 0 Å². The van der Waals surface area contributed by atoms with Crippen molar-refractivity contribution in [2.24, 2.45) is 0 Å². The SMILES string of the molecule is c1cnc2c(c1)-c1ncccc1C21c2cccnc2-c2cccnc21. The van der Waals surface area contributed by atoms with Crippen molar-refractivity contribution in [3.05, 3.63) is 95.8 Å². The Bertz CT molecular complexity index is 978. The molecule has 0 radical (unpaired) electrons. The van der Waals surface area contributed by atoms with Crippen molar-refractivity contribution in [3.63, 3.8) is 0 Å². The zero-order valence-corrected chi connectivity index (χ0v) is 13.2. The maximum Gasteiger partial charge on any atom is 0.110 e. The van der Waals surface area contributed by atoms with Crippen molar-refractivity contribution >= 4 is 0 Å². The Morgan fingerprint density at radius 1 is 0.520 bits per heavy atom. The highest BCUT2D eigenvalue weighted by Gasteiger charge is 2.55. The van der Waals surface area contributed by atoms with E-state index in [4.69, 9.17) is 9.97 Å². The number of rotatable bonds is 0. The number of fused-ring (bicyclic) bond motifs is 10. The zero-order chi connectivity index (χ0) is 16.4. The largest absolute Gasteiger partial charge is 0.259 e. The highest BCUT2D eigenvalue weighted by Crippen LogP contribution is 2.60. The van der Waals surface area contributed by atoms with Gasteiger partial charge in [-0.2, -0.15) is 0 Å². The fraction of sp³-hybridized carbons (Fsp3) is 0.0476. The first-order chi connectivity index (χ1) is 12.4. The van der Waals surface area contributed by atoms with Crippen LogP contribution in [0.2, 0.25) is 0 Å². The second kappa shape index (κ2) is 4.36. The molecule has 0 fully saturated rings. The topological polar surface area (TPSA) is 51.6 Å². The predicted octanol–water partition coefficient (Wildman–Crippen LogP) is 3.61. The van der Waals surface area contributed by atoms with Crippen molar-refractivity contribution in [2.45, 2.75) is 5.41 Å². The lowest BCUT2D eigenvalue weighted by Crippen LogP contribution is -2.28. The van der Waals surface area contributed by atoms with Gasteiger partial charge in [0.2, 0.25) is 0 Å². The van der Waals surface area contributed by atoms with Gasteiger partial charge >= 0.3 is 0 Å². The number of hydrogen-bond donors (Lipinski definition) is 0. The molecule has 0 unspecified atom stereocenters. The number of pyridine rings is 4. The second-order valence-corrected chi connectivity index (χ2v) is 6.35. The van der Waals surface area contributed by atoms with Crippen LogP contribution in [0.1, 0.15) is 22.5 Å². The van der Waals surface area contributed by atoms with Crippen molar-refractivity contribution < 1.29 is 0 Å². The van der Waals surface area contributed by atoms with Gasteiger partial charge in [-0.05, 0) is 36.4 Å². The van der Waals surface area contributed by atoms with Gasteiger partial charge in [0.15, 0.2) is 0 Å². The summed E-state index contributed by atoms with van der Waals surface area (Å²) in [6.07, 6.45) is 7.38. The molecular formula is C21H12N4. The third-order valence-electron chi connectivity index (χ3n) is 5.26. The molecule has 0 bridgehead atoms. The van der Waals surface area contributed by atoms with Crippen molar-refractivity contribution in [3.8, 4) is 22.5 Å². The summed E-state index contributed by atoms with van der Waals surface area (Å²) in [6, 6.07) is 16.4. The van der Waals surface area contributed by atoms with Crippen LogP contribution in [0.3, 0.4) is 0 Å². The van der Waals surface area contributed by atoms with Gasteiger partial charge in [0.1, 0.15) is 5.41 Å². The van der Waals surface area contributed by atoms with E-state index < -0.39 is 5.41 Å². The highest BCUT2D eigenvalue weighted by atomic mass is 14.9. The summed E-state index contributed by atoms with van der Waals surface area (Å²) in [4.78, 5) is 19.0. The highest BCUT2D eigenvalue weighted by molar-refractivity contribution is 5.90. The molecule has 4 heterocycles. The maximum absolute atomic E-state index is 4.80.